The van der Waals surface area contributed by atoms with E-state index in [1.807, 2.05) is 0 Å². The summed E-state index contributed by atoms with van der Waals surface area (Å²) in [6.07, 6.45) is 12.5. The van der Waals surface area contributed by atoms with Gasteiger partial charge in [-0.05, 0) is 78.6 Å². The van der Waals surface area contributed by atoms with E-state index in [1.54, 1.807) is 25.7 Å². The Morgan fingerprint density at radius 2 is 1.81 bits per heavy atom. The first-order chi connectivity index (χ1) is 17.1. The number of hydrogen-bond acceptors (Lipinski definition) is 5. The lowest BCUT2D eigenvalue weighted by atomic mass is 9.92. The molecule has 9 nitrogen and oxygen atoms in total. The first-order valence-corrected chi connectivity index (χ1v) is 13.7. The lowest BCUT2D eigenvalue weighted by Crippen LogP contribution is -2.59. The van der Waals surface area contributed by atoms with Gasteiger partial charge in [-0.2, -0.15) is 0 Å². The van der Waals surface area contributed by atoms with Gasteiger partial charge in [-0.1, -0.05) is 25.0 Å². The number of amides is 4. The van der Waals surface area contributed by atoms with Crippen LogP contribution >= 0.6 is 0 Å². The molecule has 2 saturated carbocycles. The van der Waals surface area contributed by atoms with Gasteiger partial charge in [0.15, 0.2) is 0 Å². The number of carbonyl (C=O) groups is 4. The Balaban J connectivity index is 1.51. The number of alkyl carbamates (subject to hydrolysis) is 1. The van der Waals surface area contributed by atoms with E-state index in [0.717, 1.165) is 44.9 Å². The van der Waals surface area contributed by atoms with Crippen LogP contribution in [0, 0.1) is 5.92 Å². The standard InChI is InChI=1S/C27H42N4O5/c1-26(2,3)36-25(35)29-20-14-8-6-4-5-7-11-18-17-27(18,24(34)28-19-12-9-13-19)30-22(32)21-15-10-16-31(21)23(20)33/h7,11,18-21H,4-6,8-10,12-17H2,1-3H3,(H,28,34)(H,29,35)(H,30,32)/b11-7-. The zero-order valence-electron chi connectivity index (χ0n) is 21.9. The number of nitrogens with one attached hydrogen (secondary N) is 3. The molecule has 3 fully saturated rings. The molecule has 36 heavy (non-hydrogen) atoms. The van der Waals surface area contributed by atoms with Crippen molar-refractivity contribution in [3.8, 4) is 0 Å². The second-order valence-corrected chi connectivity index (χ2v) is 11.8. The lowest BCUT2D eigenvalue weighted by molar-refractivity contribution is -0.141. The third-order valence-corrected chi connectivity index (χ3v) is 7.77. The zero-order chi connectivity index (χ0) is 25.9. The van der Waals surface area contributed by atoms with Gasteiger partial charge in [0.25, 0.3) is 0 Å². The van der Waals surface area contributed by atoms with Gasteiger partial charge in [0.05, 0.1) is 0 Å². The van der Waals surface area contributed by atoms with Crippen molar-refractivity contribution < 1.29 is 23.9 Å². The topological polar surface area (TPSA) is 117 Å². The van der Waals surface area contributed by atoms with Crippen LogP contribution in [-0.4, -0.2) is 64.5 Å². The molecule has 2 aliphatic heterocycles. The lowest BCUT2D eigenvalue weighted by Gasteiger charge is -2.32. The Morgan fingerprint density at radius 1 is 1.03 bits per heavy atom. The maximum Gasteiger partial charge on any atom is 0.408 e. The Hall–Kier alpha value is -2.58. The third-order valence-electron chi connectivity index (χ3n) is 7.77. The van der Waals surface area contributed by atoms with E-state index in [1.165, 1.54) is 0 Å². The van der Waals surface area contributed by atoms with Crippen molar-refractivity contribution in [1.82, 2.24) is 20.9 Å². The Kier molecular flexibility index (Phi) is 7.95. The largest absolute Gasteiger partial charge is 0.444 e. The van der Waals surface area contributed by atoms with Crippen LogP contribution in [0.2, 0.25) is 0 Å². The van der Waals surface area contributed by atoms with E-state index in [-0.39, 0.29) is 29.7 Å². The van der Waals surface area contributed by atoms with Gasteiger partial charge in [-0.3, -0.25) is 14.4 Å². The van der Waals surface area contributed by atoms with Gasteiger partial charge in [0.2, 0.25) is 17.7 Å². The average molecular weight is 503 g/mol. The molecule has 1 saturated heterocycles. The van der Waals surface area contributed by atoms with Crippen LogP contribution in [-0.2, 0) is 19.1 Å². The zero-order valence-corrected chi connectivity index (χ0v) is 21.9. The molecule has 4 unspecified atom stereocenters. The van der Waals surface area contributed by atoms with Crippen molar-refractivity contribution in [2.75, 3.05) is 6.54 Å². The van der Waals surface area contributed by atoms with Crippen molar-refractivity contribution in [1.29, 1.82) is 0 Å². The number of fused-ring (bicyclic) bond motifs is 2. The minimum atomic E-state index is -0.936. The summed E-state index contributed by atoms with van der Waals surface area (Å²) in [4.78, 5) is 54.4. The molecule has 2 heterocycles. The Labute approximate surface area is 214 Å². The minimum absolute atomic E-state index is 0.0289. The SMILES string of the molecule is CC(C)(C)OC(=O)NC1CCCCC/C=C\C2CC2(C(=O)NC2CCC2)NC(=O)C2CCCN2C1=O. The van der Waals surface area contributed by atoms with E-state index in [9.17, 15) is 19.2 Å². The molecule has 0 aromatic carbocycles. The number of allylic oxidation sites excluding steroid dienone is 1. The molecule has 0 bridgehead atoms. The second-order valence-electron chi connectivity index (χ2n) is 11.8. The summed E-state index contributed by atoms with van der Waals surface area (Å²) in [6, 6.07) is -1.21. The highest BCUT2D eigenvalue weighted by atomic mass is 16.6. The molecule has 4 aliphatic rings. The quantitative estimate of drug-likeness (QED) is 0.513. The third kappa shape index (κ3) is 6.21. The Bertz CT molecular complexity index is 893. The van der Waals surface area contributed by atoms with Crippen molar-refractivity contribution >= 4 is 23.8 Å². The summed E-state index contributed by atoms with van der Waals surface area (Å²) in [5, 5.41) is 8.94. The van der Waals surface area contributed by atoms with E-state index in [0.29, 0.717) is 32.2 Å². The van der Waals surface area contributed by atoms with Crippen molar-refractivity contribution in [2.45, 2.75) is 121 Å². The van der Waals surface area contributed by atoms with E-state index in [2.05, 4.69) is 28.1 Å². The number of nitrogens with zero attached hydrogens (tertiary/aromatic N) is 1. The fraction of sp³-hybridized carbons (Fsp3) is 0.778. The molecule has 4 rings (SSSR count). The van der Waals surface area contributed by atoms with Crippen LogP contribution in [0.5, 0.6) is 0 Å². The molecule has 2 aliphatic carbocycles. The maximum absolute atomic E-state index is 13.6. The maximum atomic E-state index is 13.6. The van der Waals surface area contributed by atoms with Gasteiger partial charge in [-0.25, -0.2) is 4.79 Å². The van der Waals surface area contributed by atoms with Crippen molar-refractivity contribution in [3.63, 3.8) is 0 Å². The summed E-state index contributed by atoms with van der Waals surface area (Å²) in [5.41, 5.74) is -1.61. The van der Waals surface area contributed by atoms with Crippen LogP contribution in [0.1, 0.15) is 91.4 Å². The van der Waals surface area contributed by atoms with E-state index >= 15 is 0 Å². The van der Waals surface area contributed by atoms with E-state index < -0.39 is 29.3 Å². The van der Waals surface area contributed by atoms with Crippen molar-refractivity contribution in [3.05, 3.63) is 12.2 Å². The first kappa shape index (κ1) is 26.5. The van der Waals surface area contributed by atoms with Crippen molar-refractivity contribution in [2.24, 2.45) is 5.92 Å². The smallest absolute Gasteiger partial charge is 0.408 e. The summed E-state index contributed by atoms with van der Waals surface area (Å²) < 4.78 is 5.40. The molecular weight excluding hydrogens is 460 g/mol. The Morgan fingerprint density at radius 3 is 2.50 bits per heavy atom. The molecule has 200 valence electrons. The van der Waals surface area contributed by atoms with Gasteiger partial charge in [0, 0.05) is 18.5 Å². The molecule has 0 aromatic rings. The number of carbonyl (C=O) groups excluding carboxylic acids is 4. The van der Waals surface area contributed by atoms with Crippen LogP contribution in [0.4, 0.5) is 4.79 Å². The first-order valence-electron chi connectivity index (χ1n) is 13.7. The van der Waals surface area contributed by atoms with Gasteiger partial charge < -0.3 is 25.6 Å². The highest BCUT2D eigenvalue weighted by Gasteiger charge is 2.61. The second kappa shape index (κ2) is 10.8. The van der Waals surface area contributed by atoms with Gasteiger partial charge in [-0.15, -0.1) is 0 Å². The van der Waals surface area contributed by atoms with Crippen LogP contribution in [0.15, 0.2) is 12.2 Å². The molecule has 0 spiro atoms. The normalized spacial score (nSPS) is 32.5. The highest BCUT2D eigenvalue weighted by Crippen LogP contribution is 2.46. The summed E-state index contributed by atoms with van der Waals surface area (Å²) in [5.74, 6) is -0.683. The predicted octanol–water partition coefficient (Wildman–Crippen LogP) is 2.93. The van der Waals surface area contributed by atoms with Crippen LogP contribution < -0.4 is 16.0 Å². The molecule has 3 N–H and O–H groups in total. The summed E-state index contributed by atoms with van der Waals surface area (Å²) in [6.45, 7) is 5.79. The van der Waals surface area contributed by atoms with Crippen LogP contribution in [0.3, 0.4) is 0 Å². The summed E-state index contributed by atoms with van der Waals surface area (Å²) in [7, 11) is 0. The molecular formula is C27H42N4O5. The van der Waals surface area contributed by atoms with Gasteiger partial charge in [0.1, 0.15) is 23.2 Å². The predicted molar refractivity (Wildman–Crippen MR) is 135 cm³/mol. The fourth-order valence-electron chi connectivity index (χ4n) is 5.41. The monoisotopic (exact) mass is 502 g/mol. The van der Waals surface area contributed by atoms with E-state index in [4.69, 9.17) is 4.74 Å². The van der Waals surface area contributed by atoms with Gasteiger partial charge >= 0.3 is 6.09 Å². The fourth-order valence-corrected chi connectivity index (χ4v) is 5.41. The number of rotatable bonds is 3. The average Bonchev–Trinajstić information content (AvgIpc) is 3.23. The number of hydrogen-bond donors (Lipinski definition) is 3. The molecule has 9 heteroatoms. The summed E-state index contributed by atoms with van der Waals surface area (Å²) >= 11 is 0. The molecule has 4 atom stereocenters. The minimum Gasteiger partial charge on any atom is -0.444 e. The molecule has 4 amide bonds. The molecule has 0 radical (unpaired) electrons. The molecule has 0 aromatic heterocycles. The number of ether oxygens (including phenoxy) is 1. The highest BCUT2D eigenvalue weighted by molar-refractivity contribution is 5.98. The van der Waals surface area contributed by atoms with Crippen LogP contribution in [0.25, 0.3) is 0 Å².